The van der Waals surface area contributed by atoms with Gasteiger partial charge in [0.2, 0.25) is 5.91 Å². The topological polar surface area (TPSA) is 94.0 Å². The second-order valence-electron chi connectivity index (χ2n) is 4.98. The van der Waals surface area contributed by atoms with E-state index in [1.54, 1.807) is 6.21 Å². The maximum atomic E-state index is 11.6. The van der Waals surface area contributed by atoms with E-state index in [0.717, 1.165) is 11.3 Å². The zero-order valence-electron chi connectivity index (χ0n) is 12.3. The number of hydrazone groups is 1. The zero-order valence-corrected chi connectivity index (χ0v) is 13.1. The lowest BCUT2D eigenvalue weighted by molar-refractivity contribution is -0.138. The van der Waals surface area contributed by atoms with Gasteiger partial charge in [-0.2, -0.15) is 5.10 Å². The molecule has 2 atom stereocenters. The van der Waals surface area contributed by atoms with Gasteiger partial charge in [-0.05, 0) is 17.7 Å². The van der Waals surface area contributed by atoms with Gasteiger partial charge in [0.1, 0.15) is 0 Å². The van der Waals surface area contributed by atoms with Crippen LogP contribution in [0.15, 0.2) is 29.4 Å². The highest BCUT2D eigenvalue weighted by Gasteiger charge is 2.33. The Morgan fingerprint density at radius 1 is 1.45 bits per heavy atom. The number of thioether (sulfide) groups is 1. The molecule has 8 heteroatoms. The van der Waals surface area contributed by atoms with Gasteiger partial charge in [-0.1, -0.05) is 12.1 Å². The lowest BCUT2D eigenvalue weighted by Crippen LogP contribution is -2.35. The summed E-state index contributed by atoms with van der Waals surface area (Å²) in [6.07, 6.45) is 1.46. The first kappa shape index (κ1) is 16.2. The molecule has 0 aliphatic carbocycles. The van der Waals surface area contributed by atoms with Crippen LogP contribution in [0.3, 0.4) is 0 Å². The molecule has 1 aliphatic rings. The van der Waals surface area contributed by atoms with Gasteiger partial charge >= 0.3 is 5.97 Å². The van der Waals surface area contributed by atoms with Crippen molar-refractivity contribution in [2.75, 3.05) is 19.0 Å². The number of rotatable bonds is 6. The number of aliphatic carboxylic acids is 1. The minimum atomic E-state index is -0.988. The van der Waals surface area contributed by atoms with Crippen LogP contribution in [-0.2, 0) is 9.59 Å². The average molecular weight is 322 g/mol. The Hall–Kier alpha value is -2.22. The Morgan fingerprint density at radius 2 is 2.14 bits per heavy atom. The summed E-state index contributed by atoms with van der Waals surface area (Å²) in [5.74, 6) is -1.27. The molecule has 1 aromatic carbocycles. The molecule has 1 heterocycles. The highest BCUT2D eigenvalue weighted by Crippen LogP contribution is 2.24. The van der Waals surface area contributed by atoms with Crippen molar-refractivity contribution in [3.63, 3.8) is 0 Å². The molecule has 0 saturated carbocycles. The van der Waals surface area contributed by atoms with E-state index in [9.17, 15) is 9.59 Å². The van der Waals surface area contributed by atoms with E-state index in [-0.39, 0.29) is 12.3 Å². The summed E-state index contributed by atoms with van der Waals surface area (Å²) < 4.78 is 0. The van der Waals surface area contributed by atoms with Gasteiger partial charge in [0, 0.05) is 19.8 Å². The first-order chi connectivity index (χ1) is 10.5. The fourth-order valence-electron chi connectivity index (χ4n) is 1.88. The van der Waals surface area contributed by atoms with E-state index in [2.05, 4.69) is 15.8 Å². The van der Waals surface area contributed by atoms with Crippen molar-refractivity contribution in [1.29, 1.82) is 0 Å². The van der Waals surface area contributed by atoms with E-state index in [1.807, 2.05) is 43.3 Å². The number of hydrogen-bond acceptors (Lipinski definition) is 6. The molecule has 1 saturated heterocycles. The third kappa shape index (κ3) is 4.39. The predicted octanol–water partition coefficient (Wildman–Crippen LogP) is 0.666. The zero-order chi connectivity index (χ0) is 16.1. The number of hydrogen-bond donors (Lipinski definition) is 3. The van der Waals surface area contributed by atoms with E-state index in [1.165, 1.54) is 11.8 Å². The van der Waals surface area contributed by atoms with Crippen LogP contribution in [0, 0.1) is 0 Å². The quantitative estimate of drug-likeness (QED) is 0.526. The molecule has 1 aromatic rings. The Labute approximate surface area is 132 Å². The SMILES string of the molecule is CN(C)c1ccc(/C=N\N[C@@H]2NC(=O)[C@H](CC(=O)O)S2)cc1. The van der Waals surface area contributed by atoms with Crippen LogP contribution >= 0.6 is 11.8 Å². The summed E-state index contributed by atoms with van der Waals surface area (Å²) in [5.41, 5.74) is 4.41. The fraction of sp³-hybridized carbons (Fsp3) is 0.357. The van der Waals surface area contributed by atoms with Crippen molar-refractivity contribution in [3.8, 4) is 0 Å². The largest absolute Gasteiger partial charge is 0.481 e. The van der Waals surface area contributed by atoms with Gasteiger partial charge in [0.15, 0.2) is 5.50 Å². The number of nitrogens with zero attached hydrogens (tertiary/aromatic N) is 2. The number of carboxylic acids is 1. The number of benzene rings is 1. The Morgan fingerprint density at radius 3 is 2.73 bits per heavy atom. The number of carbonyl (C=O) groups is 2. The van der Waals surface area contributed by atoms with Gasteiger partial charge in [0.05, 0.1) is 17.9 Å². The normalized spacial score (nSPS) is 20.9. The smallest absolute Gasteiger partial charge is 0.305 e. The molecule has 1 amide bonds. The molecule has 1 aliphatic heterocycles. The van der Waals surface area contributed by atoms with E-state index in [4.69, 9.17) is 5.11 Å². The monoisotopic (exact) mass is 322 g/mol. The molecule has 118 valence electrons. The minimum Gasteiger partial charge on any atom is -0.481 e. The van der Waals surface area contributed by atoms with Crippen LogP contribution in [0.1, 0.15) is 12.0 Å². The maximum absolute atomic E-state index is 11.6. The molecule has 0 spiro atoms. The maximum Gasteiger partial charge on any atom is 0.305 e. The molecular weight excluding hydrogens is 304 g/mol. The molecule has 3 N–H and O–H groups in total. The molecule has 2 rings (SSSR count). The van der Waals surface area contributed by atoms with E-state index >= 15 is 0 Å². The lowest BCUT2D eigenvalue weighted by atomic mass is 10.2. The van der Waals surface area contributed by atoms with Gasteiger partial charge < -0.3 is 15.3 Å². The number of carboxylic acid groups (broad SMARTS) is 1. The summed E-state index contributed by atoms with van der Waals surface area (Å²) in [5, 5.41) is 14.9. The Bertz CT molecular complexity index is 574. The lowest BCUT2D eigenvalue weighted by Gasteiger charge is -2.11. The van der Waals surface area contributed by atoms with Crippen LogP contribution in [0.5, 0.6) is 0 Å². The van der Waals surface area contributed by atoms with Crippen molar-refractivity contribution in [2.45, 2.75) is 17.2 Å². The van der Waals surface area contributed by atoms with Crippen molar-refractivity contribution in [2.24, 2.45) is 5.10 Å². The van der Waals surface area contributed by atoms with E-state index < -0.39 is 16.7 Å². The molecule has 1 fully saturated rings. The van der Waals surface area contributed by atoms with Gasteiger partial charge in [-0.25, -0.2) is 0 Å². The molecule has 0 radical (unpaired) electrons. The molecule has 0 aromatic heterocycles. The van der Waals surface area contributed by atoms with Gasteiger partial charge in [-0.3, -0.25) is 15.0 Å². The molecular formula is C14H18N4O3S. The van der Waals surface area contributed by atoms with Crippen LogP contribution < -0.4 is 15.6 Å². The summed E-state index contributed by atoms with van der Waals surface area (Å²) >= 11 is 1.22. The van der Waals surface area contributed by atoms with E-state index in [0.29, 0.717) is 0 Å². The highest BCUT2D eigenvalue weighted by atomic mass is 32.2. The van der Waals surface area contributed by atoms with Crippen molar-refractivity contribution >= 4 is 35.5 Å². The predicted molar refractivity (Wildman–Crippen MR) is 87.1 cm³/mol. The summed E-state index contributed by atoms with van der Waals surface area (Å²) in [7, 11) is 3.94. The number of nitrogens with one attached hydrogen (secondary N) is 2. The molecule has 0 bridgehead atoms. The van der Waals surface area contributed by atoms with Crippen LogP contribution in [0.2, 0.25) is 0 Å². The Kier molecular flexibility index (Phi) is 5.26. The molecule has 0 unspecified atom stereocenters. The fourth-order valence-corrected chi connectivity index (χ4v) is 2.95. The minimum absolute atomic E-state index is 0.190. The number of anilines is 1. The molecule has 7 nitrogen and oxygen atoms in total. The van der Waals surface area contributed by atoms with Crippen LogP contribution in [0.4, 0.5) is 5.69 Å². The molecule has 22 heavy (non-hydrogen) atoms. The van der Waals surface area contributed by atoms with Crippen molar-refractivity contribution < 1.29 is 14.7 Å². The standard InChI is InChI=1S/C14H18N4O3S/c1-18(2)10-5-3-9(4-6-10)8-15-17-14-16-13(21)11(22-14)7-12(19)20/h3-6,8,11,14,17H,7H2,1-2H3,(H,16,21)(H,19,20)/b15-8-/t11-,14-/m0/s1. The summed E-state index contributed by atoms with van der Waals surface area (Å²) in [6, 6.07) is 7.84. The third-order valence-corrected chi connectivity index (χ3v) is 4.25. The van der Waals surface area contributed by atoms with Crippen molar-refractivity contribution in [3.05, 3.63) is 29.8 Å². The Balaban J connectivity index is 1.85. The first-order valence-electron chi connectivity index (χ1n) is 6.69. The second-order valence-corrected chi connectivity index (χ2v) is 6.30. The highest BCUT2D eigenvalue weighted by molar-refractivity contribution is 8.01. The first-order valence-corrected chi connectivity index (χ1v) is 7.63. The number of carbonyl (C=O) groups excluding carboxylic acids is 1. The van der Waals surface area contributed by atoms with Crippen molar-refractivity contribution in [1.82, 2.24) is 10.7 Å². The van der Waals surface area contributed by atoms with Gasteiger partial charge in [0.25, 0.3) is 0 Å². The van der Waals surface area contributed by atoms with Gasteiger partial charge in [-0.15, -0.1) is 11.8 Å². The van der Waals surface area contributed by atoms with Crippen LogP contribution in [-0.4, -0.2) is 48.0 Å². The summed E-state index contributed by atoms with van der Waals surface area (Å²) in [4.78, 5) is 24.2. The third-order valence-electron chi connectivity index (χ3n) is 3.04. The van der Waals surface area contributed by atoms with Crippen LogP contribution in [0.25, 0.3) is 0 Å². The second kappa shape index (κ2) is 7.17. The summed E-state index contributed by atoms with van der Waals surface area (Å²) in [6.45, 7) is 0. The average Bonchev–Trinajstić information content (AvgIpc) is 2.79. The number of amides is 1.